The summed E-state index contributed by atoms with van der Waals surface area (Å²) in [5.41, 5.74) is 2.44. The number of rotatable bonds is 9. The fraction of sp³-hybridized carbons (Fsp3) is 0.519. The van der Waals surface area contributed by atoms with E-state index < -0.39 is 0 Å². The molecule has 9 nitrogen and oxygen atoms in total. The lowest BCUT2D eigenvalue weighted by atomic mass is 10.1. The van der Waals surface area contributed by atoms with Crippen LogP contribution in [0.3, 0.4) is 0 Å². The van der Waals surface area contributed by atoms with Crippen molar-refractivity contribution in [2.45, 2.75) is 32.3 Å². The summed E-state index contributed by atoms with van der Waals surface area (Å²) in [7, 11) is 1.61. The number of H-pyrrole nitrogens is 1. The molecule has 9 heteroatoms. The highest BCUT2D eigenvalue weighted by atomic mass is 16.5. The number of carbonyl (C=O) groups is 1. The minimum absolute atomic E-state index is 0. The number of hydrogen-bond donors (Lipinski definition) is 2. The second kappa shape index (κ2) is 9.71. The molecule has 1 saturated heterocycles. The molecule has 0 aromatic carbocycles. The van der Waals surface area contributed by atoms with Crippen LogP contribution >= 0.6 is 0 Å². The van der Waals surface area contributed by atoms with E-state index in [-0.39, 0.29) is 20.8 Å². The smallest absolute Gasteiger partial charge is 0.228 e. The van der Waals surface area contributed by atoms with Crippen LogP contribution in [0.4, 0.5) is 5.82 Å². The summed E-state index contributed by atoms with van der Waals surface area (Å²) < 4.78 is 11.7. The number of pyridine rings is 2. The first kappa shape index (κ1) is 23.2. The third kappa shape index (κ3) is 4.77. The number of hydrogen-bond acceptors (Lipinski definition) is 7. The third-order valence-corrected chi connectivity index (χ3v) is 7.61. The number of piperazine rings is 1. The summed E-state index contributed by atoms with van der Waals surface area (Å²) >= 11 is 0. The first-order valence-electron chi connectivity index (χ1n) is 13.1. The van der Waals surface area contributed by atoms with Crippen molar-refractivity contribution in [3.63, 3.8) is 0 Å². The number of aromatic amines is 1. The van der Waals surface area contributed by atoms with Gasteiger partial charge >= 0.3 is 0 Å². The lowest BCUT2D eigenvalue weighted by Crippen LogP contribution is -2.46. The molecule has 2 atom stereocenters. The Labute approximate surface area is 214 Å². The average Bonchev–Trinajstić information content (AvgIpc) is 3.83. The van der Waals surface area contributed by atoms with Gasteiger partial charge in [-0.15, -0.1) is 0 Å². The largest absolute Gasteiger partial charge is 0.490 e. The zero-order valence-corrected chi connectivity index (χ0v) is 21.0. The van der Waals surface area contributed by atoms with Crippen molar-refractivity contribution in [2.24, 2.45) is 11.8 Å². The van der Waals surface area contributed by atoms with Crippen LogP contribution in [0.25, 0.3) is 22.2 Å². The predicted molar refractivity (Wildman–Crippen MR) is 143 cm³/mol. The molecule has 0 radical (unpaired) electrons. The van der Waals surface area contributed by atoms with Gasteiger partial charge < -0.3 is 29.6 Å². The molecular formula is C27H38N6O3. The topological polar surface area (TPSA) is 95.6 Å². The molecule has 3 aromatic heterocycles. The zero-order valence-electron chi connectivity index (χ0n) is 21.0. The van der Waals surface area contributed by atoms with Crippen molar-refractivity contribution in [1.82, 2.24) is 24.8 Å². The van der Waals surface area contributed by atoms with E-state index in [1.165, 1.54) is 0 Å². The molecule has 2 unspecified atom stereocenters. The van der Waals surface area contributed by atoms with Crippen LogP contribution in [-0.4, -0.2) is 83.1 Å². The normalized spacial score (nSPS) is 22.5. The highest BCUT2D eigenvalue weighted by molar-refractivity contribution is 5.99. The monoisotopic (exact) mass is 494 g/mol. The molecule has 6 rings (SSSR count). The molecule has 1 amide bonds. The minimum Gasteiger partial charge on any atom is -0.490 e. The van der Waals surface area contributed by atoms with Gasteiger partial charge in [0, 0.05) is 64.8 Å². The molecule has 3 aromatic rings. The second-order valence-electron chi connectivity index (χ2n) is 10.1. The predicted octanol–water partition coefficient (Wildman–Crippen LogP) is 3.88. The van der Waals surface area contributed by atoms with Gasteiger partial charge in [0.25, 0.3) is 0 Å². The lowest BCUT2D eigenvalue weighted by Gasteiger charge is -2.34. The number of aromatic nitrogens is 3. The van der Waals surface area contributed by atoms with E-state index in [4.69, 9.17) is 9.47 Å². The van der Waals surface area contributed by atoms with Gasteiger partial charge in [-0.1, -0.05) is 6.92 Å². The summed E-state index contributed by atoms with van der Waals surface area (Å²) in [5, 5.41) is 3.96. The number of carbonyl (C=O) groups excluding carboxylic acids is 1. The van der Waals surface area contributed by atoms with E-state index in [9.17, 15) is 4.79 Å². The summed E-state index contributed by atoms with van der Waals surface area (Å²) in [5.74, 6) is 2.44. The van der Waals surface area contributed by atoms with Crippen molar-refractivity contribution in [3.8, 4) is 22.8 Å². The van der Waals surface area contributed by atoms with Gasteiger partial charge in [-0.3, -0.25) is 4.79 Å². The number of fused-ring (bicyclic) bond motifs is 1. The number of nitrogens with zero attached hydrogens (tertiary/aromatic N) is 4. The van der Waals surface area contributed by atoms with E-state index in [2.05, 4.69) is 37.0 Å². The maximum Gasteiger partial charge on any atom is 0.228 e. The molecule has 36 heavy (non-hydrogen) atoms. The van der Waals surface area contributed by atoms with Gasteiger partial charge in [0.05, 0.1) is 18.8 Å². The van der Waals surface area contributed by atoms with Gasteiger partial charge in [0.15, 0.2) is 0 Å². The first-order chi connectivity index (χ1) is 17.6. The summed E-state index contributed by atoms with van der Waals surface area (Å²) in [6.45, 7) is 8.80. The number of methoxy groups -OCH3 is 1. The molecule has 2 N–H and O–H groups in total. The zero-order chi connectivity index (χ0) is 24.6. The Bertz CT molecular complexity index is 1260. The van der Waals surface area contributed by atoms with E-state index in [0.29, 0.717) is 23.3 Å². The second-order valence-corrected chi connectivity index (χ2v) is 10.1. The highest BCUT2D eigenvalue weighted by Gasteiger charge is 2.44. The Morgan fingerprint density at radius 2 is 2.00 bits per heavy atom. The summed E-state index contributed by atoms with van der Waals surface area (Å²) in [6.07, 6.45) is 6.96. The van der Waals surface area contributed by atoms with Crippen molar-refractivity contribution < 1.29 is 17.1 Å². The third-order valence-electron chi connectivity index (χ3n) is 7.61. The van der Waals surface area contributed by atoms with Gasteiger partial charge in [-0.25, -0.2) is 9.97 Å². The fourth-order valence-corrected chi connectivity index (χ4v) is 5.18. The molecular weight excluding hydrogens is 456 g/mol. The van der Waals surface area contributed by atoms with Crippen LogP contribution in [0.2, 0.25) is 0 Å². The molecule has 4 heterocycles. The Morgan fingerprint density at radius 1 is 1.19 bits per heavy atom. The Morgan fingerprint density at radius 3 is 2.75 bits per heavy atom. The van der Waals surface area contributed by atoms with Crippen LogP contribution in [-0.2, 0) is 4.79 Å². The average molecular weight is 495 g/mol. The van der Waals surface area contributed by atoms with E-state index >= 15 is 0 Å². The van der Waals surface area contributed by atoms with Crippen LogP contribution in [0, 0.1) is 11.8 Å². The van der Waals surface area contributed by atoms with Gasteiger partial charge in [-0.2, -0.15) is 0 Å². The standard InChI is InChI=1S/C27H34N6O3.2H2/c1-3-32-10-12-33(13-11-32)16-17-14-20(17)26(34)31-23-7-6-19-21(15-29-25(19)30-23)24-22(36-18-4-5-18)8-9-28-27(24)35-2;;/h6-9,15,17-18,20H,3-5,10-14,16H2,1-2H3,(H2,29,30,31,34);2*1H. The van der Waals surface area contributed by atoms with E-state index in [1.54, 1.807) is 13.3 Å². The van der Waals surface area contributed by atoms with Crippen LogP contribution in [0.5, 0.6) is 11.6 Å². The minimum atomic E-state index is 0. The molecule has 2 saturated carbocycles. The van der Waals surface area contributed by atoms with Crippen molar-refractivity contribution in [2.75, 3.05) is 51.7 Å². The first-order valence-corrected chi connectivity index (χ1v) is 13.1. The number of amides is 1. The number of likely N-dealkylation sites (N-methyl/N-ethyl adjacent to an activating group) is 1. The highest BCUT2D eigenvalue weighted by Crippen LogP contribution is 2.43. The van der Waals surface area contributed by atoms with Gasteiger partial charge in [0.1, 0.15) is 17.2 Å². The van der Waals surface area contributed by atoms with Gasteiger partial charge in [0.2, 0.25) is 11.8 Å². The molecule has 0 spiro atoms. The van der Waals surface area contributed by atoms with Crippen LogP contribution in [0.15, 0.2) is 30.6 Å². The molecule has 2 aliphatic carbocycles. The van der Waals surface area contributed by atoms with Gasteiger partial charge in [-0.05, 0) is 49.9 Å². The molecule has 3 aliphatic rings. The van der Waals surface area contributed by atoms with Crippen molar-refractivity contribution in [1.29, 1.82) is 0 Å². The quantitative estimate of drug-likeness (QED) is 0.466. The Kier molecular flexibility index (Phi) is 6.27. The maximum absolute atomic E-state index is 12.9. The summed E-state index contributed by atoms with van der Waals surface area (Å²) in [6, 6.07) is 5.73. The molecule has 194 valence electrons. The molecule has 0 bridgehead atoms. The van der Waals surface area contributed by atoms with Crippen LogP contribution < -0.4 is 14.8 Å². The fourth-order valence-electron chi connectivity index (χ4n) is 5.18. The number of ether oxygens (including phenoxy) is 2. The Balaban J connectivity index is 0.00000168. The van der Waals surface area contributed by atoms with Crippen molar-refractivity contribution >= 4 is 22.8 Å². The summed E-state index contributed by atoms with van der Waals surface area (Å²) in [4.78, 5) is 30.2. The SMILES string of the molecule is CCN1CCN(CC2CC2C(=O)Nc2ccc3c(-c4c(OC5CC5)ccnc4OC)c[nH]c3n2)CC1.[HH].[HH]. The van der Waals surface area contributed by atoms with E-state index in [1.807, 2.05) is 24.4 Å². The van der Waals surface area contributed by atoms with Crippen LogP contribution in [0.1, 0.15) is 29.0 Å². The van der Waals surface area contributed by atoms with E-state index in [0.717, 1.165) is 80.8 Å². The maximum atomic E-state index is 12.9. The molecule has 1 aliphatic heterocycles. The lowest BCUT2D eigenvalue weighted by molar-refractivity contribution is -0.117. The Hall–Kier alpha value is -3.17. The van der Waals surface area contributed by atoms with Crippen molar-refractivity contribution in [3.05, 3.63) is 30.6 Å². The molecule has 3 fully saturated rings. The number of anilines is 1. The number of nitrogens with one attached hydrogen (secondary N) is 2.